The SMILES string of the molecule is CN(C)C(=O)Cn1c(N2CC[C@@H](F)[C@H](N)C2)nc2ccc(Cl)cc21. The minimum absolute atomic E-state index is 0.0554. The summed E-state index contributed by atoms with van der Waals surface area (Å²) in [7, 11) is 3.41. The molecule has 1 aliphatic heterocycles. The Morgan fingerprint density at radius 3 is 2.92 bits per heavy atom. The van der Waals surface area contributed by atoms with Crippen LogP contribution in [0.5, 0.6) is 0 Å². The van der Waals surface area contributed by atoms with Crippen LogP contribution in [0.3, 0.4) is 0 Å². The van der Waals surface area contributed by atoms with Crippen LogP contribution in [0.2, 0.25) is 5.02 Å². The molecule has 2 atom stereocenters. The molecule has 1 fully saturated rings. The molecule has 0 saturated carbocycles. The van der Waals surface area contributed by atoms with Gasteiger partial charge in [-0.15, -0.1) is 0 Å². The van der Waals surface area contributed by atoms with Crippen molar-refractivity contribution in [3.63, 3.8) is 0 Å². The second kappa shape index (κ2) is 6.57. The van der Waals surface area contributed by atoms with Gasteiger partial charge in [0.05, 0.1) is 17.1 Å². The summed E-state index contributed by atoms with van der Waals surface area (Å²) in [5, 5.41) is 0.576. The molecule has 130 valence electrons. The van der Waals surface area contributed by atoms with Crippen molar-refractivity contribution in [2.45, 2.75) is 25.2 Å². The van der Waals surface area contributed by atoms with Gasteiger partial charge in [-0.2, -0.15) is 0 Å². The summed E-state index contributed by atoms with van der Waals surface area (Å²) in [5.41, 5.74) is 7.40. The number of carbonyl (C=O) groups is 1. The number of anilines is 1. The number of nitrogens with two attached hydrogens (primary N) is 1. The van der Waals surface area contributed by atoms with Crippen LogP contribution in [-0.4, -0.2) is 59.8 Å². The molecule has 3 rings (SSSR count). The predicted molar refractivity (Wildman–Crippen MR) is 93.1 cm³/mol. The summed E-state index contributed by atoms with van der Waals surface area (Å²) in [5.74, 6) is 0.574. The minimum Gasteiger partial charge on any atom is -0.347 e. The Balaban J connectivity index is 2.04. The molecule has 0 unspecified atom stereocenters. The lowest BCUT2D eigenvalue weighted by molar-refractivity contribution is -0.129. The largest absolute Gasteiger partial charge is 0.347 e. The quantitative estimate of drug-likeness (QED) is 0.911. The third kappa shape index (κ3) is 3.18. The van der Waals surface area contributed by atoms with Crippen LogP contribution >= 0.6 is 11.6 Å². The second-order valence-corrected chi connectivity index (χ2v) is 6.77. The molecule has 1 aromatic carbocycles. The van der Waals surface area contributed by atoms with Crippen molar-refractivity contribution in [3.8, 4) is 0 Å². The van der Waals surface area contributed by atoms with E-state index >= 15 is 0 Å². The lowest BCUT2D eigenvalue weighted by Gasteiger charge is -2.34. The van der Waals surface area contributed by atoms with Gasteiger partial charge in [-0.05, 0) is 24.6 Å². The zero-order chi connectivity index (χ0) is 17.4. The summed E-state index contributed by atoms with van der Waals surface area (Å²) >= 11 is 6.11. The first-order chi connectivity index (χ1) is 11.4. The van der Waals surface area contributed by atoms with Gasteiger partial charge in [0.25, 0.3) is 0 Å². The van der Waals surface area contributed by atoms with Gasteiger partial charge in [0, 0.05) is 32.2 Å². The fourth-order valence-corrected chi connectivity index (χ4v) is 3.06. The molecule has 1 amide bonds. The molecule has 1 saturated heterocycles. The Kier molecular flexibility index (Phi) is 4.64. The molecule has 2 aromatic rings. The van der Waals surface area contributed by atoms with E-state index in [4.69, 9.17) is 17.3 Å². The average molecular weight is 354 g/mol. The van der Waals surface area contributed by atoms with Gasteiger partial charge in [0.15, 0.2) is 0 Å². The number of halogens is 2. The number of aromatic nitrogens is 2. The number of piperidine rings is 1. The van der Waals surface area contributed by atoms with Gasteiger partial charge in [0.2, 0.25) is 11.9 Å². The highest BCUT2D eigenvalue weighted by Gasteiger charge is 2.29. The number of hydrogen-bond donors (Lipinski definition) is 1. The molecule has 6 nitrogen and oxygen atoms in total. The smallest absolute Gasteiger partial charge is 0.242 e. The van der Waals surface area contributed by atoms with Crippen LogP contribution in [0, 0.1) is 0 Å². The molecule has 0 aliphatic carbocycles. The van der Waals surface area contributed by atoms with E-state index in [1.54, 1.807) is 26.2 Å². The van der Waals surface area contributed by atoms with Crippen LogP contribution in [0.4, 0.5) is 10.3 Å². The maximum Gasteiger partial charge on any atom is 0.242 e. The fraction of sp³-hybridized carbons (Fsp3) is 0.500. The van der Waals surface area contributed by atoms with Crippen molar-refractivity contribution < 1.29 is 9.18 Å². The lowest BCUT2D eigenvalue weighted by Crippen LogP contribution is -2.50. The highest BCUT2D eigenvalue weighted by atomic mass is 35.5. The lowest BCUT2D eigenvalue weighted by atomic mass is 10.1. The standard InChI is InChI=1S/C16H21ClFN5O/c1-21(2)15(24)9-23-14-7-10(17)3-4-13(14)20-16(23)22-6-5-11(18)12(19)8-22/h3-4,7,11-12H,5-6,8-9,19H2,1-2H3/t11-,12-/m1/s1. The summed E-state index contributed by atoms with van der Waals surface area (Å²) in [6.45, 7) is 1.03. The highest BCUT2D eigenvalue weighted by molar-refractivity contribution is 6.31. The summed E-state index contributed by atoms with van der Waals surface area (Å²) in [4.78, 5) is 20.3. The van der Waals surface area contributed by atoms with Crippen molar-refractivity contribution in [2.75, 3.05) is 32.1 Å². The van der Waals surface area contributed by atoms with E-state index in [0.717, 1.165) is 11.0 Å². The molecular formula is C16H21ClFN5O. The number of hydrogen-bond acceptors (Lipinski definition) is 4. The number of likely N-dealkylation sites (N-methyl/N-ethyl adjacent to an activating group) is 1. The zero-order valence-corrected chi connectivity index (χ0v) is 14.5. The van der Waals surface area contributed by atoms with E-state index in [2.05, 4.69) is 4.98 Å². The van der Waals surface area contributed by atoms with Crippen LogP contribution in [0.1, 0.15) is 6.42 Å². The first-order valence-corrected chi connectivity index (χ1v) is 8.25. The van der Waals surface area contributed by atoms with E-state index in [1.807, 2.05) is 15.5 Å². The summed E-state index contributed by atoms with van der Waals surface area (Å²) in [6.07, 6.45) is -0.649. The number of rotatable bonds is 3. The number of carbonyl (C=O) groups excluding carboxylic acids is 1. The molecule has 0 bridgehead atoms. The highest BCUT2D eigenvalue weighted by Crippen LogP contribution is 2.27. The third-order valence-electron chi connectivity index (χ3n) is 4.34. The van der Waals surface area contributed by atoms with Crippen LogP contribution in [-0.2, 0) is 11.3 Å². The molecule has 2 N–H and O–H groups in total. The molecular weight excluding hydrogens is 333 g/mol. The molecule has 1 aromatic heterocycles. The summed E-state index contributed by atoms with van der Waals surface area (Å²) in [6, 6.07) is 4.82. The van der Waals surface area contributed by atoms with E-state index in [1.165, 1.54) is 4.90 Å². The number of amides is 1. The molecule has 8 heteroatoms. The first kappa shape index (κ1) is 17.0. The van der Waals surface area contributed by atoms with Gasteiger partial charge in [-0.3, -0.25) is 4.79 Å². The zero-order valence-electron chi connectivity index (χ0n) is 13.7. The second-order valence-electron chi connectivity index (χ2n) is 6.33. The van der Waals surface area contributed by atoms with Gasteiger partial charge >= 0.3 is 0 Å². The summed E-state index contributed by atoms with van der Waals surface area (Å²) < 4.78 is 15.5. The Morgan fingerprint density at radius 2 is 2.25 bits per heavy atom. The van der Waals surface area contributed by atoms with Crippen molar-refractivity contribution >= 4 is 34.5 Å². The number of alkyl halides is 1. The van der Waals surface area contributed by atoms with Gasteiger partial charge in [-0.1, -0.05) is 11.6 Å². The average Bonchev–Trinajstić information content (AvgIpc) is 2.88. The third-order valence-corrected chi connectivity index (χ3v) is 4.57. The van der Waals surface area contributed by atoms with E-state index in [0.29, 0.717) is 30.5 Å². The number of nitrogens with zero attached hydrogens (tertiary/aromatic N) is 4. The maximum absolute atomic E-state index is 13.7. The maximum atomic E-state index is 13.7. The Morgan fingerprint density at radius 1 is 1.50 bits per heavy atom. The van der Waals surface area contributed by atoms with Gasteiger partial charge < -0.3 is 20.1 Å². The molecule has 0 spiro atoms. The van der Waals surface area contributed by atoms with Gasteiger partial charge in [0.1, 0.15) is 12.7 Å². The Bertz CT molecular complexity index is 762. The van der Waals surface area contributed by atoms with Crippen molar-refractivity contribution in [1.82, 2.24) is 14.5 Å². The fourth-order valence-electron chi connectivity index (χ4n) is 2.89. The van der Waals surface area contributed by atoms with Crippen LogP contribution in [0.15, 0.2) is 18.2 Å². The van der Waals surface area contributed by atoms with E-state index in [9.17, 15) is 9.18 Å². The monoisotopic (exact) mass is 353 g/mol. The normalized spacial score (nSPS) is 21.3. The van der Waals surface area contributed by atoms with Crippen LogP contribution < -0.4 is 10.6 Å². The number of benzene rings is 1. The van der Waals surface area contributed by atoms with E-state index < -0.39 is 12.2 Å². The van der Waals surface area contributed by atoms with Crippen LogP contribution in [0.25, 0.3) is 11.0 Å². The predicted octanol–water partition coefficient (Wildman–Crippen LogP) is 1.65. The molecule has 0 radical (unpaired) electrons. The number of fused-ring (bicyclic) bond motifs is 1. The van der Waals surface area contributed by atoms with Crippen molar-refractivity contribution in [1.29, 1.82) is 0 Å². The molecule has 24 heavy (non-hydrogen) atoms. The van der Waals surface area contributed by atoms with Crippen molar-refractivity contribution in [2.24, 2.45) is 5.73 Å². The van der Waals surface area contributed by atoms with E-state index in [-0.39, 0.29) is 12.5 Å². The Labute approximate surface area is 145 Å². The topological polar surface area (TPSA) is 67.4 Å². The minimum atomic E-state index is -1.00. The number of imidazole rings is 1. The Hall–Kier alpha value is -1.86. The molecule has 1 aliphatic rings. The molecule has 2 heterocycles. The van der Waals surface area contributed by atoms with Gasteiger partial charge in [-0.25, -0.2) is 9.37 Å². The first-order valence-electron chi connectivity index (χ1n) is 7.87. The van der Waals surface area contributed by atoms with Crippen molar-refractivity contribution in [3.05, 3.63) is 23.2 Å².